The molecule has 1 amide bonds. The molecule has 1 fully saturated rings. The van der Waals surface area contributed by atoms with E-state index in [1.165, 1.54) is 17.8 Å². The van der Waals surface area contributed by atoms with Gasteiger partial charge in [0.25, 0.3) is 5.91 Å². The molecule has 0 unspecified atom stereocenters. The minimum Gasteiger partial charge on any atom is -0.390 e. The van der Waals surface area contributed by atoms with Crippen LogP contribution in [0.4, 0.5) is 14.5 Å². The van der Waals surface area contributed by atoms with Crippen molar-refractivity contribution in [3.8, 4) is 0 Å². The summed E-state index contributed by atoms with van der Waals surface area (Å²) in [5.74, 6) is -2.43. The lowest BCUT2D eigenvalue weighted by atomic mass is 9.78. The Morgan fingerprint density at radius 1 is 1.27 bits per heavy atom. The van der Waals surface area contributed by atoms with Gasteiger partial charge < -0.3 is 10.4 Å². The highest BCUT2D eigenvalue weighted by molar-refractivity contribution is 8.00. The van der Waals surface area contributed by atoms with E-state index in [0.717, 1.165) is 17.0 Å². The first-order chi connectivity index (χ1) is 12.3. The summed E-state index contributed by atoms with van der Waals surface area (Å²) in [6.45, 7) is 1.96. The number of anilines is 1. The van der Waals surface area contributed by atoms with Crippen LogP contribution in [-0.2, 0) is 0 Å². The van der Waals surface area contributed by atoms with Crippen molar-refractivity contribution < 1.29 is 18.7 Å². The Morgan fingerprint density at radius 2 is 2.00 bits per heavy atom. The third-order valence-corrected chi connectivity index (χ3v) is 6.24. The van der Waals surface area contributed by atoms with Crippen LogP contribution in [0, 0.1) is 11.6 Å². The smallest absolute Gasteiger partial charge is 0.255 e. The molecule has 1 saturated carbocycles. The zero-order valence-electron chi connectivity index (χ0n) is 14.1. The Balaban J connectivity index is 1.70. The minimum atomic E-state index is -1.02. The van der Waals surface area contributed by atoms with E-state index >= 15 is 0 Å². The average molecular weight is 398 g/mol. The Kier molecular flexibility index (Phi) is 5.55. The quantitative estimate of drug-likeness (QED) is 0.722. The lowest BCUT2D eigenvalue weighted by molar-refractivity contribution is -0.0309. The monoisotopic (exact) mass is 397 g/mol. The summed E-state index contributed by atoms with van der Waals surface area (Å²) < 4.78 is 26.2. The summed E-state index contributed by atoms with van der Waals surface area (Å²) in [6, 6.07) is 8.06. The summed E-state index contributed by atoms with van der Waals surface area (Å²) in [4.78, 5) is 13.1. The van der Waals surface area contributed by atoms with Crippen molar-refractivity contribution in [2.75, 3.05) is 5.32 Å². The molecule has 2 aromatic carbocycles. The van der Waals surface area contributed by atoms with Gasteiger partial charge in [0.2, 0.25) is 0 Å². The van der Waals surface area contributed by atoms with Crippen molar-refractivity contribution in [1.82, 2.24) is 0 Å². The second-order valence-corrected chi connectivity index (χ2v) is 8.20. The highest BCUT2D eigenvalue weighted by Crippen LogP contribution is 2.46. The summed E-state index contributed by atoms with van der Waals surface area (Å²) >= 11 is 7.76. The number of hydrogen-bond acceptors (Lipinski definition) is 3. The van der Waals surface area contributed by atoms with Crippen LogP contribution in [0.15, 0.2) is 41.3 Å². The predicted octanol–water partition coefficient (Wildman–Crippen LogP) is 5.27. The molecule has 0 aromatic heterocycles. The number of nitrogens with one attached hydrogen (secondary N) is 1. The molecule has 0 radical (unpaired) electrons. The van der Waals surface area contributed by atoms with Gasteiger partial charge in [-0.05, 0) is 49.6 Å². The van der Waals surface area contributed by atoms with Crippen molar-refractivity contribution in [3.05, 3.63) is 58.6 Å². The van der Waals surface area contributed by atoms with Gasteiger partial charge in [-0.2, -0.15) is 0 Å². The lowest BCUT2D eigenvalue weighted by Crippen LogP contribution is -2.44. The Hall–Kier alpha value is -1.63. The van der Waals surface area contributed by atoms with Crippen LogP contribution in [0.1, 0.15) is 36.5 Å². The van der Waals surface area contributed by atoms with Crippen molar-refractivity contribution in [2.45, 2.75) is 41.9 Å². The Morgan fingerprint density at radius 3 is 2.65 bits per heavy atom. The molecule has 0 heterocycles. The van der Waals surface area contributed by atoms with Gasteiger partial charge in [0, 0.05) is 27.5 Å². The molecule has 0 atom stereocenters. The molecule has 26 heavy (non-hydrogen) atoms. The normalized spacial score (nSPS) is 22.0. The maximum atomic E-state index is 13.3. The average Bonchev–Trinajstić information content (AvgIpc) is 2.58. The first-order valence-corrected chi connectivity index (χ1v) is 9.50. The van der Waals surface area contributed by atoms with Crippen LogP contribution >= 0.6 is 23.4 Å². The third-order valence-electron chi connectivity index (χ3n) is 4.54. The second kappa shape index (κ2) is 7.55. The number of halogens is 3. The molecule has 0 aliphatic heterocycles. The molecular formula is C19H18ClF2NO2S. The van der Waals surface area contributed by atoms with E-state index in [4.69, 9.17) is 11.6 Å². The molecule has 3 rings (SSSR count). The van der Waals surface area contributed by atoms with E-state index in [1.54, 1.807) is 18.2 Å². The summed E-state index contributed by atoms with van der Waals surface area (Å²) in [7, 11) is 0. The van der Waals surface area contributed by atoms with E-state index in [0.29, 0.717) is 29.8 Å². The van der Waals surface area contributed by atoms with Gasteiger partial charge in [-0.15, -0.1) is 11.8 Å². The van der Waals surface area contributed by atoms with Crippen molar-refractivity contribution in [3.63, 3.8) is 0 Å². The molecule has 1 aliphatic carbocycles. The third kappa shape index (κ3) is 4.19. The van der Waals surface area contributed by atoms with Gasteiger partial charge >= 0.3 is 0 Å². The van der Waals surface area contributed by atoms with Crippen LogP contribution in [0.5, 0.6) is 0 Å². The van der Waals surface area contributed by atoms with Gasteiger partial charge in [-0.1, -0.05) is 18.5 Å². The standard InChI is InChI=1S/C19H18ClF2NO2S/c1-2-19(25)9-13(10-19)26-17-7-11(3-5-14(17)20)18(24)23-12-4-6-15(21)16(22)8-12/h3-8,13,25H,2,9-10H2,1H3,(H,23,24). The van der Waals surface area contributed by atoms with Gasteiger partial charge in [0.05, 0.1) is 10.6 Å². The zero-order valence-corrected chi connectivity index (χ0v) is 15.6. The molecule has 138 valence electrons. The molecule has 3 nitrogen and oxygen atoms in total. The molecule has 2 N–H and O–H groups in total. The maximum absolute atomic E-state index is 13.3. The molecule has 0 bridgehead atoms. The zero-order chi connectivity index (χ0) is 18.9. The van der Waals surface area contributed by atoms with E-state index < -0.39 is 23.1 Å². The first kappa shape index (κ1) is 19.1. The number of benzene rings is 2. The number of aliphatic hydroxyl groups is 1. The van der Waals surface area contributed by atoms with Crippen molar-refractivity contribution in [1.29, 1.82) is 0 Å². The van der Waals surface area contributed by atoms with Crippen LogP contribution in [-0.4, -0.2) is 21.9 Å². The summed E-state index contributed by atoms with van der Waals surface area (Å²) in [6.07, 6.45) is 2.10. The molecular weight excluding hydrogens is 380 g/mol. The van der Waals surface area contributed by atoms with Crippen LogP contribution < -0.4 is 5.32 Å². The predicted molar refractivity (Wildman–Crippen MR) is 99.9 cm³/mol. The number of hydrogen-bond donors (Lipinski definition) is 2. The summed E-state index contributed by atoms with van der Waals surface area (Å²) in [5, 5.41) is 13.4. The SMILES string of the molecule is CCC1(O)CC(Sc2cc(C(=O)Nc3ccc(F)c(F)c3)ccc2Cl)C1. The largest absolute Gasteiger partial charge is 0.390 e. The molecule has 0 saturated heterocycles. The van der Waals surface area contributed by atoms with Gasteiger partial charge in [-0.25, -0.2) is 8.78 Å². The van der Waals surface area contributed by atoms with Gasteiger partial charge in [0.15, 0.2) is 11.6 Å². The Labute approximate surface area is 159 Å². The molecule has 1 aliphatic rings. The molecule has 2 aromatic rings. The maximum Gasteiger partial charge on any atom is 0.255 e. The van der Waals surface area contributed by atoms with Crippen molar-refractivity contribution in [2.24, 2.45) is 0 Å². The highest BCUT2D eigenvalue weighted by Gasteiger charge is 2.41. The molecule has 0 spiro atoms. The first-order valence-electron chi connectivity index (χ1n) is 8.24. The van der Waals surface area contributed by atoms with Crippen LogP contribution in [0.2, 0.25) is 5.02 Å². The van der Waals surface area contributed by atoms with E-state index in [1.807, 2.05) is 6.92 Å². The topological polar surface area (TPSA) is 49.3 Å². The van der Waals surface area contributed by atoms with E-state index in [-0.39, 0.29) is 10.9 Å². The number of rotatable bonds is 5. The van der Waals surface area contributed by atoms with Gasteiger partial charge in [0.1, 0.15) is 0 Å². The van der Waals surface area contributed by atoms with E-state index in [2.05, 4.69) is 5.32 Å². The van der Waals surface area contributed by atoms with Crippen LogP contribution in [0.25, 0.3) is 0 Å². The van der Waals surface area contributed by atoms with Crippen molar-refractivity contribution >= 4 is 35.0 Å². The fourth-order valence-electron chi connectivity index (χ4n) is 2.85. The number of thioether (sulfide) groups is 1. The summed E-state index contributed by atoms with van der Waals surface area (Å²) in [5.41, 5.74) is -0.0528. The fourth-order valence-corrected chi connectivity index (χ4v) is 4.62. The van der Waals surface area contributed by atoms with E-state index in [9.17, 15) is 18.7 Å². The Bertz CT molecular complexity index is 840. The second-order valence-electron chi connectivity index (χ2n) is 6.45. The number of amides is 1. The lowest BCUT2D eigenvalue weighted by Gasteiger charge is -2.42. The van der Waals surface area contributed by atoms with Crippen LogP contribution in [0.3, 0.4) is 0 Å². The number of carbonyl (C=O) groups excluding carboxylic acids is 1. The minimum absolute atomic E-state index is 0.171. The fraction of sp³-hybridized carbons (Fsp3) is 0.316. The molecule has 7 heteroatoms. The van der Waals surface area contributed by atoms with Gasteiger partial charge in [-0.3, -0.25) is 4.79 Å². The number of carbonyl (C=O) groups is 1. The highest BCUT2D eigenvalue weighted by atomic mass is 35.5.